The summed E-state index contributed by atoms with van der Waals surface area (Å²) in [5.74, 6) is 0.318. The number of nitriles is 1. The highest BCUT2D eigenvalue weighted by Gasteiger charge is 2.31. The molecule has 1 aliphatic carbocycles. The van der Waals surface area contributed by atoms with E-state index in [0.29, 0.717) is 17.0 Å². The van der Waals surface area contributed by atoms with Gasteiger partial charge >= 0.3 is 5.97 Å². The van der Waals surface area contributed by atoms with E-state index in [1.165, 1.54) is 0 Å². The number of ether oxygens (including phenoxy) is 1. The predicted octanol–water partition coefficient (Wildman–Crippen LogP) is 2.54. The fraction of sp³-hybridized carbons (Fsp3) is 0.235. The zero-order valence-electron chi connectivity index (χ0n) is 12.1. The second-order valence-electron chi connectivity index (χ2n) is 5.40. The Kier molecular flexibility index (Phi) is 3.51. The Morgan fingerprint density at radius 2 is 2.00 bits per heavy atom. The third-order valence-electron chi connectivity index (χ3n) is 3.57. The molecule has 1 heterocycles. The molecule has 22 heavy (non-hydrogen) atoms. The highest BCUT2D eigenvalue weighted by atomic mass is 16.5. The van der Waals surface area contributed by atoms with Crippen molar-refractivity contribution in [2.75, 3.05) is 0 Å². The van der Waals surface area contributed by atoms with E-state index in [0.717, 1.165) is 18.4 Å². The Morgan fingerprint density at radius 1 is 1.32 bits per heavy atom. The lowest BCUT2D eigenvalue weighted by molar-refractivity contribution is -0.135. The molecule has 0 saturated heterocycles. The molecule has 1 saturated carbocycles. The van der Waals surface area contributed by atoms with Gasteiger partial charge in [0.15, 0.2) is 0 Å². The molecule has 5 heteroatoms. The molecule has 0 amide bonds. The van der Waals surface area contributed by atoms with Crippen LogP contribution < -0.4 is 10.3 Å². The van der Waals surface area contributed by atoms with Gasteiger partial charge < -0.3 is 9.72 Å². The molecule has 0 spiro atoms. The van der Waals surface area contributed by atoms with Crippen LogP contribution in [0.5, 0.6) is 5.75 Å². The molecule has 0 unspecified atom stereocenters. The van der Waals surface area contributed by atoms with Gasteiger partial charge in [0, 0.05) is 11.3 Å². The summed E-state index contributed by atoms with van der Waals surface area (Å²) in [5, 5.41) is 9.15. The summed E-state index contributed by atoms with van der Waals surface area (Å²) in [6.07, 6.45) is 1.79. The standard InChI is InChI=1S/C17H14N2O3/c1-10-8-14(15(9-18)16(20)19-10)11-4-6-13(7-5-11)22-17(21)12-2-3-12/h4-8,12H,2-3H2,1H3,(H,19,20). The van der Waals surface area contributed by atoms with Crippen molar-refractivity contribution < 1.29 is 9.53 Å². The summed E-state index contributed by atoms with van der Waals surface area (Å²) in [6.45, 7) is 1.76. The zero-order chi connectivity index (χ0) is 15.7. The van der Waals surface area contributed by atoms with Crippen LogP contribution in [0.1, 0.15) is 24.1 Å². The molecule has 1 aromatic carbocycles. The second-order valence-corrected chi connectivity index (χ2v) is 5.40. The van der Waals surface area contributed by atoms with Crippen LogP contribution >= 0.6 is 0 Å². The van der Waals surface area contributed by atoms with Gasteiger partial charge in [-0.2, -0.15) is 5.26 Å². The van der Waals surface area contributed by atoms with Gasteiger partial charge in [0.2, 0.25) is 0 Å². The molecule has 1 aromatic heterocycles. The fourth-order valence-corrected chi connectivity index (χ4v) is 2.25. The Balaban J connectivity index is 1.91. The minimum absolute atomic E-state index is 0.0419. The molecule has 5 nitrogen and oxygen atoms in total. The highest BCUT2D eigenvalue weighted by Crippen LogP contribution is 2.31. The molecule has 1 aliphatic rings. The third kappa shape index (κ3) is 2.77. The summed E-state index contributed by atoms with van der Waals surface area (Å²) in [7, 11) is 0. The van der Waals surface area contributed by atoms with E-state index in [1.54, 1.807) is 37.3 Å². The molecular weight excluding hydrogens is 280 g/mol. The number of rotatable bonds is 3. The van der Waals surface area contributed by atoms with E-state index in [-0.39, 0.29) is 17.5 Å². The van der Waals surface area contributed by atoms with Gasteiger partial charge in [-0.15, -0.1) is 0 Å². The van der Waals surface area contributed by atoms with E-state index in [9.17, 15) is 9.59 Å². The normalized spacial score (nSPS) is 13.5. The lowest BCUT2D eigenvalue weighted by Crippen LogP contribution is -2.12. The number of hydrogen-bond donors (Lipinski definition) is 1. The number of nitrogens with zero attached hydrogens (tertiary/aromatic N) is 1. The number of esters is 1. The van der Waals surface area contributed by atoms with Crippen molar-refractivity contribution in [2.24, 2.45) is 5.92 Å². The largest absolute Gasteiger partial charge is 0.426 e. The van der Waals surface area contributed by atoms with Gasteiger partial charge in [-0.25, -0.2) is 0 Å². The van der Waals surface area contributed by atoms with Crippen molar-refractivity contribution in [1.82, 2.24) is 4.98 Å². The van der Waals surface area contributed by atoms with Crippen LogP contribution in [0.25, 0.3) is 11.1 Å². The number of aryl methyl sites for hydroxylation is 1. The minimum atomic E-state index is -0.401. The minimum Gasteiger partial charge on any atom is -0.426 e. The molecule has 0 radical (unpaired) electrons. The van der Waals surface area contributed by atoms with Crippen LogP contribution in [-0.2, 0) is 4.79 Å². The lowest BCUT2D eigenvalue weighted by atomic mass is 10.0. The topological polar surface area (TPSA) is 82.9 Å². The first-order chi connectivity index (χ1) is 10.6. The van der Waals surface area contributed by atoms with E-state index < -0.39 is 5.56 Å². The van der Waals surface area contributed by atoms with Crippen LogP contribution in [0.15, 0.2) is 35.1 Å². The molecule has 0 atom stereocenters. The van der Waals surface area contributed by atoms with Gasteiger partial charge in [-0.05, 0) is 43.5 Å². The number of benzene rings is 1. The molecule has 1 fully saturated rings. The Labute approximate surface area is 127 Å². The van der Waals surface area contributed by atoms with Crippen molar-refractivity contribution in [3.05, 3.63) is 51.9 Å². The van der Waals surface area contributed by atoms with Gasteiger partial charge in [0.1, 0.15) is 17.4 Å². The molecule has 2 aromatic rings. The predicted molar refractivity (Wildman–Crippen MR) is 80.3 cm³/mol. The van der Waals surface area contributed by atoms with Crippen molar-refractivity contribution in [3.8, 4) is 22.9 Å². The number of aromatic amines is 1. The van der Waals surface area contributed by atoms with Crippen LogP contribution in [0.4, 0.5) is 0 Å². The maximum absolute atomic E-state index is 11.8. The summed E-state index contributed by atoms with van der Waals surface area (Å²) in [6, 6.07) is 10.5. The van der Waals surface area contributed by atoms with Crippen molar-refractivity contribution >= 4 is 5.97 Å². The number of pyridine rings is 1. The van der Waals surface area contributed by atoms with Crippen LogP contribution in [0.3, 0.4) is 0 Å². The first-order valence-electron chi connectivity index (χ1n) is 7.04. The second kappa shape index (κ2) is 5.49. The smallest absolute Gasteiger partial charge is 0.314 e. The maximum atomic E-state index is 11.8. The van der Waals surface area contributed by atoms with Crippen molar-refractivity contribution in [3.63, 3.8) is 0 Å². The molecule has 110 valence electrons. The van der Waals surface area contributed by atoms with Crippen molar-refractivity contribution in [2.45, 2.75) is 19.8 Å². The van der Waals surface area contributed by atoms with Crippen molar-refractivity contribution in [1.29, 1.82) is 5.26 Å². The van der Waals surface area contributed by atoms with Gasteiger partial charge in [0.05, 0.1) is 5.92 Å². The molecule has 3 rings (SSSR count). The summed E-state index contributed by atoms with van der Waals surface area (Å²) in [4.78, 5) is 26.0. The average Bonchev–Trinajstić information content (AvgIpc) is 3.32. The highest BCUT2D eigenvalue weighted by molar-refractivity contribution is 5.78. The van der Waals surface area contributed by atoms with Crippen LogP contribution in [0.2, 0.25) is 0 Å². The van der Waals surface area contributed by atoms with E-state index >= 15 is 0 Å². The Morgan fingerprint density at radius 3 is 2.59 bits per heavy atom. The van der Waals surface area contributed by atoms with Crippen LogP contribution in [0, 0.1) is 24.2 Å². The quantitative estimate of drug-likeness (QED) is 0.696. The summed E-state index contributed by atoms with van der Waals surface area (Å²) < 4.78 is 5.26. The van der Waals surface area contributed by atoms with Gasteiger partial charge in [-0.1, -0.05) is 12.1 Å². The number of H-pyrrole nitrogens is 1. The Bertz CT molecular complexity index is 824. The average molecular weight is 294 g/mol. The molecule has 0 aliphatic heterocycles. The number of hydrogen-bond acceptors (Lipinski definition) is 4. The molecule has 0 bridgehead atoms. The monoisotopic (exact) mass is 294 g/mol. The lowest BCUT2D eigenvalue weighted by Gasteiger charge is -2.07. The summed E-state index contributed by atoms with van der Waals surface area (Å²) >= 11 is 0. The first-order valence-corrected chi connectivity index (χ1v) is 7.04. The van der Waals surface area contributed by atoms with Crippen LogP contribution in [-0.4, -0.2) is 11.0 Å². The molecule has 1 N–H and O–H groups in total. The number of carbonyl (C=O) groups excluding carboxylic acids is 1. The van der Waals surface area contributed by atoms with E-state index in [2.05, 4.69) is 4.98 Å². The number of nitrogens with one attached hydrogen (secondary N) is 1. The maximum Gasteiger partial charge on any atom is 0.314 e. The fourth-order valence-electron chi connectivity index (χ4n) is 2.25. The van der Waals surface area contributed by atoms with Gasteiger partial charge in [-0.3, -0.25) is 9.59 Å². The van der Waals surface area contributed by atoms with E-state index in [4.69, 9.17) is 10.00 Å². The van der Waals surface area contributed by atoms with E-state index in [1.807, 2.05) is 6.07 Å². The number of aromatic nitrogens is 1. The zero-order valence-corrected chi connectivity index (χ0v) is 12.1. The van der Waals surface area contributed by atoms with Gasteiger partial charge in [0.25, 0.3) is 5.56 Å². The molecular formula is C17H14N2O3. The summed E-state index contributed by atoms with van der Waals surface area (Å²) in [5.41, 5.74) is 1.67. The Hall–Kier alpha value is -2.87. The SMILES string of the molecule is Cc1cc(-c2ccc(OC(=O)C3CC3)cc2)c(C#N)c(=O)[nH]1. The third-order valence-corrected chi connectivity index (χ3v) is 3.57. The number of carbonyl (C=O) groups is 1. The first kappa shape index (κ1) is 14.1.